The van der Waals surface area contributed by atoms with E-state index in [9.17, 15) is 9.59 Å². The predicted octanol–water partition coefficient (Wildman–Crippen LogP) is 3.91. The van der Waals surface area contributed by atoms with E-state index in [1.165, 1.54) is 0 Å². The van der Waals surface area contributed by atoms with E-state index in [-0.39, 0.29) is 12.5 Å². The van der Waals surface area contributed by atoms with Gasteiger partial charge >= 0.3 is 0 Å². The molecule has 0 fully saturated rings. The lowest BCUT2D eigenvalue weighted by Crippen LogP contribution is -2.28. The van der Waals surface area contributed by atoms with Crippen molar-refractivity contribution in [3.8, 4) is 5.75 Å². The van der Waals surface area contributed by atoms with Gasteiger partial charge in [-0.15, -0.1) is 0 Å². The van der Waals surface area contributed by atoms with Gasteiger partial charge in [-0.2, -0.15) is 0 Å². The van der Waals surface area contributed by atoms with Gasteiger partial charge < -0.3 is 14.8 Å². The van der Waals surface area contributed by atoms with Crippen molar-refractivity contribution in [2.45, 2.75) is 19.8 Å². The summed E-state index contributed by atoms with van der Waals surface area (Å²) in [7, 11) is 0. The smallest absolute Gasteiger partial charge is 0.258 e. The van der Waals surface area contributed by atoms with Gasteiger partial charge in [-0.3, -0.25) is 9.59 Å². The SMILES string of the molecule is O=Cc1ccccc1OCC(=O)NCc1ccc(COCc2ccccc2)cc1. The van der Waals surface area contributed by atoms with Crippen LogP contribution in [-0.4, -0.2) is 18.8 Å². The summed E-state index contributed by atoms with van der Waals surface area (Å²) >= 11 is 0. The third-order valence-corrected chi connectivity index (χ3v) is 4.30. The largest absolute Gasteiger partial charge is 0.483 e. The molecule has 0 heterocycles. The van der Waals surface area contributed by atoms with Gasteiger partial charge in [0.15, 0.2) is 12.9 Å². The summed E-state index contributed by atoms with van der Waals surface area (Å²) in [6.45, 7) is 1.37. The summed E-state index contributed by atoms with van der Waals surface area (Å²) in [5.74, 6) is 0.151. The van der Waals surface area contributed by atoms with Crippen molar-refractivity contribution < 1.29 is 19.1 Å². The number of hydrogen-bond donors (Lipinski definition) is 1. The lowest BCUT2D eigenvalue weighted by Gasteiger charge is -2.09. The first-order valence-corrected chi connectivity index (χ1v) is 9.38. The van der Waals surface area contributed by atoms with Crippen LogP contribution in [-0.2, 0) is 29.3 Å². The van der Waals surface area contributed by atoms with Crippen LogP contribution in [0.25, 0.3) is 0 Å². The zero-order chi connectivity index (χ0) is 20.3. The second-order valence-corrected chi connectivity index (χ2v) is 6.52. The minimum Gasteiger partial charge on any atom is -0.483 e. The van der Waals surface area contributed by atoms with E-state index in [4.69, 9.17) is 9.47 Å². The fraction of sp³-hybridized carbons (Fsp3) is 0.167. The molecule has 5 nitrogen and oxygen atoms in total. The minimum absolute atomic E-state index is 0.143. The van der Waals surface area contributed by atoms with Crippen LogP contribution in [0.5, 0.6) is 5.75 Å². The monoisotopic (exact) mass is 389 g/mol. The first-order chi connectivity index (χ1) is 14.2. The molecule has 1 amide bonds. The van der Waals surface area contributed by atoms with E-state index in [1.54, 1.807) is 24.3 Å². The third-order valence-electron chi connectivity index (χ3n) is 4.30. The zero-order valence-corrected chi connectivity index (χ0v) is 16.0. The number of aldehydes is 1. The van der Waals surface area contributed by atoms with Crippen LogP contribution in [0.2, 0.25) is 0 Å². The average Bonchev–Trinajstić information content (AvgIpc) is 2.78. The zero-order valence-electron chi connectivity index (χ0n) is 16.0. The molecule has 148 valence electrons. The fourth-order valence-corrected chi connectivity index (χ4v) is 2.72. The Morgan fingerprint density at radius 2 is 1.41 bits per heavy atom. The molecule has 0 aliphatic rings. The highest BCUT2D eigenvalue weighted by Gasteiger charge is 2.06. The molecule has 29 heavy (non-hydrogen) atoms. The molecular formula is C24H23NO4. The van der Waals surface area contributed by atoms with Crippen LogP contribution in [0.3, 0.4) is 0 Å². The van der Waals surface area contributed by atoms with Crippen LogP contribution in [0.15, 0.2) is 78.9 Å². The normalized spacial score (nSPS) is 10.3. The number of benzene rings is 3. The van der Waals surface area contributed by atoms with Crippen molar-refractivity contribution in [2.75, 3.05) is 6.61 Å². The molecule has 0 unspecified atom stereocenters. The summed E-state index contributed by atoms with van der Waals surface area (Å²) < 4.78 is 11.1. The molecule has 0 radical (unpaired) electrons. The molecule has 3 aromatic rings. The Bertz CT molecular complexity index is 923. The molecule has 1 N–H and O–H groups in total. The standard InChI is InChI=1S/C24H23NO4/c26-15-22-8-4-5-9-23(22)29-18-24(27)25-14-19-10-12-21(13-11-19)17-28-16-20-6-2-1-3-7-20/h1-13,15H,14,16-18H2,(H,25,27). The molecule has 3 rings (SSSR count). The predicted molar refractivity (Wildman–Crippen MR) is 111 cm³/mol. The molecule has 0 atom stereocenters. The number of rotatable bonds is 10. The Morgan fingerprint density at radius 3 is 2.14 bits per heavy atom. The number of amides is 1. The van der Waals surface area contributed by atoms with E-state index in [0.29, 0.717) is 37.4 Å². The number of carbonyl (C=O) groups is 2. The Morgan fingerprint density at radius 1 is 0.793 bits per heavy atom. The fourth-order valence-electron chi connectivity index (χ4n) is 2.72. The summed E-state index contributed by atoms with van der Waals surface area (Å²) in [5, 5.41) is 2.81. The molecular weight excluding hydrogens is 366 g/mol. The van der Waals surface area contributed by atoms with E-state index in [0.717, 1.165) is 16.7 Å². The van der Waals surface area contributed by atoms with Crippen molar-refractivity contribution in [1.29, 1.82) is 0 Å². The number of nitrogens with one attached hydrogen (secondary N) is 1. The summed E-state index contributed by atoms with van der Waals surface area (Å²) in [5.41, 5.74) is 3.62. The van der Waals surface area contributed by atoms with Gasteiger partial charge in [-0.25, -0.2) is 0 Å². The van der Waals surface area contributed by atoms with E-state index in [1.807, 2.05) is 54.6 Å². The Kier molecular flexibility index (Phi) is 7.55. The van der Waals surface area contributed by atoms with Gasteiger partial charge in [0.2, 0.25) is 0 Å². The van der Waals surface area contributed by atoms with Gasteiger partial charge in [-0.05, 0) is 28.8 Å². The van der Waals surface area contributed by atoms with E-state index >= 15 is 0 Å². The highest BCUT2D eigenvalue weighted by molar-refractivity contribution is 5.80. The lowest BCUT2D eigenvalue weighted by molar-refractivity contribution is -0.123. The van der Waals surface area contributed by atoms with Crippen LogP contribution in [0.4, 0.5) is 0 Å². The maximum atomic E-state index is 12.0. The van der Waals surface area contributed by atoms with Gasteiger partial charge in [0, 0.05) is 6.54 Å². The van der Waals surface area contributed by atoms with Crippen LogP contribution >= 0.6 is 0 Å². The topological polar surface area (TPSA) is 64.6 Å². The highest BCUT2D eigenvalue weighted by atomic mass is 16.5. The molecule has 0 saturated heterocycles. The first-order valence-electron chi connectivity index (χ1n) is 9.38. The van der Waals surface area contributed by atoms with Crippen molar-refractivity contribution >= 4 is 12.2 Å². The lowest BCUT2D eigenvalue weighted by atomic mass is 10.1. The average molecular weight is 389 g/mol. The minimum atomic E-state index is -0.249. The summed E-state index contributed by atoms with van der Waals surface area (Å²) in [6.07, 6.45) is 0.707. The van der Waals surface area contributed by atoms with Crippen LogP contribution < -0.4 is 10.1 Å². The Hall–Kier alpha value is -3.44. The highest BCUT2D eigenvalue weighted by Crippen LogP contribution is 2.15. The van der Waals surface area contributed by atoms with Crippen molar-refractivity contribution in [3.05, 3.63) is 101 Å². The number of hydrogen-bond acceptors (Lipinski definition) is 4. The number of carbonyl (C=O) groups excluding carboxylic acids is 2. The first kappa shape index (κ1) is 20.3. The van der Waals surface area contributed by atoms with E-state index in [2.05, 4.69) is 5.32 Å². The summed E-state index contributed by atoms with van der Waals surface area (Å²) in [4.78, 5) is 22.9. The molecule has 0 aliphatic carbocycles. The van der Waals surface area contributed by atoms with Crippen molar-refractivity contribution in [3.63, 3.8) is 0 Å². The molecule has 5 heteroatoms. The second-order valence-electron chi connectivity index (χ2n) is 6.52. The van der Waals surface area contributed by atoms with Crippen LogP contribution in [0, 0.1) is 0 Å². The maximum absolute atomic E-state index is 12.0. The van der Waals surface area contributed by atoms with Crippen molar-refractivity contribution in [2.24, 2.45) is 0 Å². The number of para-hydroxylation sites is 1. The van der Waals surface area contributed by atoms with Crippen molar-refractivity contribution in [1.82, 2.24) is 5.32 Å². The molecule has 0 saturated carbocycles. The Labute approximate surface area is 170 Å². The van der Waals surface area contributed by atoms with Gasteiger partial charge in [-0.1, -0.05) is 66.7 Å². The Balaban J connectivity index is 1.39. The summed E-state index contributed by atoms with van der Waals surface area (Å²) in [6, 6.07) is 24.7. The third kappa shape index (κ3) is 6.59. The van der Waals surface area contributed by atoms with Gasteiger partial charge in [0.05, 0.1) is 18.8 Å². The molecule has 3 aromatic carbocycles. The molecule has 0 bridgehead atoms. The molecule has 0 aromatic heterocycles. The number of ether oxygens (including phenoxy) is 2. The quantitative estimate of drug-likeness (QED) is 0.534. The van der Waals surface area contributed by atoms with E-state index < -0.39 is 0 Å². The molecule has 0 aliphatic heterocycles. The second kappa shape index (κ2) is 10.8. The van der Waals surface area contributed by atoms with Gasteiger partial charge in [0.1, 0.15) is 5.75 Å². The molecule has 0 spiro atoms. The van der Waals surface area contributed by atoms with Crippen LogP contribution in [0.1, 0.15) is 27.0 Å². The maximum Gasteiger partial charge on any atom is 0.258 e. The van der Waals surface area contributed by atoms with Gasteiger partial charge in [0.25, 0.3) is 5.91 Å².